The summed E-state index contributed by atoms with van der Waals surface area (Å²) in [4.78, 5) is 4.27. The molecule has 1 saturated heterocycles. The molecule has 4 rings (SSSR count). The van der Waals surface area contributed by atoms with Crippen molar-refractivity contribution in [3.63, 3.8) is 0 Å². The Bertz CT molecular complexity index is 993. The Morgan fingerprint density at radius 1 is 1.19 bits per heavy atom. The van der Waals surface area contributed by atoms with Crippen molar-refractivity contribution in [2.24, 2.45) is 0 Å². The lowest BCUT2D eigenvalue weighted by Crippen LogP contribution is -2.23. The molecule has 140 valence electrons. The summed E-state index contributed by atoms with van der Waals surface area (Å²) < 4.78 is 5.81. The van der Waals surface area contributed by atoms with E-state index in [1.165, 1.54) is 0 Å². The highest BCUT2D eigenvalue weighted by Crippen LogP contribution is 2.37. The van der Waals surface area contributed by atoms with Gasteiger partial charge in [0.25, 0.3) is 0 Å². The van der Waals surface area contributed by atoms with Crippen molar-refractivity contribution in [1.29, 1.82) is 0 Å². The maximum Gasteiger partial charge on any atom is 0.158 e. The van der Waals surface area contributed by atoms with E-state index in [1.807, 2.05) is 26.0 Å². The first-order chi connectivity index (χ1) is 12.8. The van der Waals surface area contributed by atoms with E-state index in [1.54, 1.807) is 18.5 Å². The van der Waals surface area contributed by atoms with Crippen LogP contribution < -0.4 is 5.32 Å². The van der Waals surface area contributed by atoms with Gasteiger partial charge in [-0.3, -0.25) is 4.98 Å². The molecule has 1 fully saturated rings. The number of nitrogens with zero attached hydrogens (tertiary/aromatic N) is 3. The van der Waals surface area contributed by atoms with Crippen LogP contribution >= 0.6 is 0 Å². The van der Waals surface area contributed by atoms with Crippen LogP contribution in [0.5, 0.6) is 5.75 Å². The number of pyridine rings is 1. The number of nitrogens with one attached hydrogen (secondary N) is 1. The van der Waals surface area contributed by atoms with E-state index in [0.29, 0.717) is 23.7 Å². The van der Waals surface area contributed by atoms with Crippen molar-refractivity contribution in [3.8, 4) is 17.0 Å². The number of benzene rings is 1. The minimum atomic E-state index is -0.135. The lowest BCUT2D eigenvalue weighted by molar-refractivity contribution is 0.0363. The van der Waals surface area contributed by atoms with Gasteiger partial charge in [0, 0.05) is 28.7 Å². The highest BCUT2D eigenvalue weighted by Gasteiger charge is 2.32. The summed E-state index contributed by atoms with van der Waals surface area (Å²) in [6.07, 6.45) is 4.42. The Balaban J connectivity index is 1.80. The van der Waals surface area contributed by atoms with Gasteiger partial charge >= 0.3 is 0 Å². The molecule has 6 nitrogen and oxygen atoms in total. The maximum absolute atomic E-state index is 10.5. The van der Waals surface area contributed by atoms with E-state index in [0.717, 1.165) is 28.3 Å². The SMILES string of the molecule is Cc1cc(C)c(-c2nnc(NC3COC(C)(C)C3)c3cnccc23)c(O)c1. The number of ether oxygens (including phenoxy) is 1. The van der Waals surface area contributed by atoms with Crippen LogP contribution in [-0.2, 0) is 4.74 Å². The summed E-state index contributed by atoms with van der Waals surface area (Å²) in [5, 5.41) is 24.7. The zero-order valence-electron chi connectivity index (χ0n) is 16.1. The van der Waals surface area contributed by atoms with Crippen LogP contribution in [0.15, 0.2) is 30.6 Å². The van der Waals surface area contributed by atoms with E-state index >= 15 is 0 Å². The molecule has 6 heteroatoms. The van der Waals surface area contributed by atoms with E-state index in [-0.39, 0.29) is 17.4 Å². The third kappa shape index (κ3) is 3.32. The van der Waals surface area contributed by atoms with Crippen LogP contribution in [0.25, 0.3) is 22.0 Å². The third-order valence-electron chi connectivity index (χ3n) is 5.03. The first-order valence-corrected chi connectivity index (χ1v) is 9.15. The molecule has 1 aliphatic rings. The summed E-state index contributed by atoms with van der Waals surface area (Å²) in [7, 11) is 0. The Labute approximate surface area is 158 Å². The molecule has 27 heavy (non-hydrogen) atoms. The topological polar surface area (TPSA) is 80.2 Å². The number of rotatable bonds is 3. The van der Waals surface area contributed by atoms with Gasteiger partial charge in [-0.2, -0.15) is 0 Å². The van der Waals surface area contributed by atoms with Crippen LogP contribution in [0.1, 0.15) is 31.4 Å². The highest BCUT2D eigenvalue weighted by atomic mass is 16.5. The molecule has 1 aliphatic heterocycles. The van der Waals surface area contributed by atoms with E-state index < -0.39 is 0 Å². The number of phenols is 1. The van der Waals surface area contributed by atoms with Crippen molar-refractivity contribution in [2.75, 3.05) is 11.9 Å². The van der Waals surface area contributed by atoms with E-state index in [4.69, 9.17) is 4.74 Å². The Hall–Kier alpha value is -2.73. The summed E-state index contributed by atoms with van der Waals surface area (Å²) in [5.41, 5.74) is 3.21. The molecular formula is C21H24N4O2. The predicted octanol–water partition coefficient (Wildman–Crippen LogP) is 3.99. The molecule has 3 aromatic rings. The number of fused-ring (bicyclic) bond motifs is 1. The molecule has 1 atom stereocenters. The summed E-state index contributed by atoms with van der Waals surface area (Å²) in [6, 6.07) is 5.88. The second kappa shape index (κ2) is 6.46. The number of aromatic hydroxyl groups is 1. The predicted molar refractivity (Wildman–Crippen MR) is 106 cm³/mol. The number of phenolic OH excluding ortho intramolecular Hbond substituents is 1. The number of hydrogen-bond donors (Lipinski definition) is 2. The van der Waals surface area contributed by atoms with Gasteiger partial charge in [-0.1, -0.05) is 6.07 Å². The average Bonchev–Trinajstić information content (AvgIpc) is 2.94. The molecule has 0 bridgehead atoms. The van der Waals surface area contributed by atoms with Gasteiger partial charge in [-0.05, 0) is 57.4 Å². The van der Waals surface area contributed by atoms with Gasteiger partial charge in [-0.15, -0.1) is 10.2 Å². The summed E-state index contributed by atoms with van der Waals surface area (Å²) in [5.74, 6) is 0.906. The van der Waals surface area contributed by atoms with Gasteiger partial charge in [0.2, 0.25) is 0 Å². The molecule has 0 amide bonds. The van der Waals surface area contributed by atoms with Crippen molar-refractivity contribution < 1.29 is 9.84 Å². The molecular weight excluding hydrogens is 340 g/mol. The molecule has 0 saturated carbocycles. The van der Waals surface area contributed by atoms with Gasteiger partial charge in [0.05, 0.1) is 18.2 Å². The first-order valence-electron chi connectivity index (χ1n) is 9.15. The number of aryl methyl sites for hydroxylation is 2. The van der Waals surface area contributed by atoms with E-state index in [2.05, 4.69) is 34.3 Å². The second-order valence-corrected chi connectivity index (χ2v) is 7.91. The standard InChI is InChI=1S/C21H24N4O2/c1-12-7-13(2)18(17(26)8-12)19-15-5-6-22-10-16(15)20(25-24-19)23-14-9-21(3,4)27-11-14/h5-8,10,14,26H,9,11H2,1-4H3,(H,23,25). The molecule has 1 aromatic carbocycles. The molecule has 1 unspecified atom stereocenters. The average molecular weight is 364 g/mol. The lowest BCUT2D eigenvalue weighted by atomic mass is 9.98. The van der Waals surface area contributed by atoms with Crippen molar-refractivity contribution in [3.05, 3.63) is 41.7 Å². The molecule has 3 heterocycles. The fraction of sp³-hybridized carbons (Fsp3) is 0.381. The van der Waals surface area contributed by atoms with Gasteiger partial charge in [0.15, 0.2) is 5.82 Å². The Morgan fingerprint density at radius 2 is 2.00 bits per heavy atom. The lowest BCUT2D eigenvalue weighted by Gasteiger charge is -2.17. The van der Waals surface area contributed by atoms with Crippen molar-refractivity contribution >= 4 is 16.6 Å². The number of aromatic nitrogens is 3. The Kier molecular flexibility index (Phi) is 4.23. The smallest absolute Gasteiger partial charge is 0.158 e. The van der Waals surface area contributed by atoms with Crippen LogP contribution in [0.2, 0.25) is 0 Å². The van der Waals surface area contributed by atoms with Crippen molar-refractivity contribution in [2.45, 2.75) is 45.8 Å². The van der Waals surface area contributed by atoms with Gasteiger partial charge < -0.3 is 15.2 Å². The Morgan fingerprint density at radius 3 is 2.70 bits per heavy atom. The summed E-state index contributed by atoms with van der Waals surface area (Å²) >= 11 is 0. The van der Waals surface area contributed by atoms with Gasteiger partial charge in [-0.25, -0.2) is 0 Å². The normalized spacial score (nSPS) is 18.7. The molecule has 0 radical (unpaired) electrons. The zero-order chi connectivity index (χ0) is 19.2. The fourth-order valence-corrected chi connectivity index (χ4v) is 3.87. The van der Waals surface area contributed by atoms with Crippen LogP contribution in [0, 0.1) is 13.8 Å². The highest BCUT2D eigenvalue weighted by molar-refractivity contribution is 6.01. The van der Waals surface area contributed by atoms with Crippen LogP contribution in [0.3, 0.4) is 0 Å². The maximum atomic E-state index is 10.5. The number of anilines is 1. The minimum Gasteiger partial charge on any atom is -0.507 e. The van der Waals surface area contributed by atoms with Crippen LogP contribution in [0.4, 0.5) is 5.82 Å². The molecule has 0 spiro atoms. The third-order valence-corrected chi connectivity index (χ3v) is 5.03. The fourth-order valence-electron chi connectivity index (χ4n) is 3.87. The van der Waals surface area contributed by atoms with Gasteiger partial charge in [0.1, 0.15) is 11.4 Å². The quantitative estimate of drug-likeness (QED) is 0.731. The minimum absolute atomic E-state index is 0.135. The molecule has 2 aromatic heterocycles. The second-order valence-electron chi connectivity index (χ2n) is 7.91. The number of hydrogen-bond acceptors (Lipinski definition) is 6. The zero-order valence-corrected chi connectivity index (χ0v) is 16.1. The largest absolute Gasteiger partial charge is 0.507 e. The molecule has 0 aliphatic carbocycles. The summed E-state index contributed by atoms with van der Waals surface area (Å²) in [6.45, 7) is 8.75. The monoisotopic (exact) mass is 364 g/mol. The molecule has 2 N–H and O–H groups in total. The van der Waals surface area contributed by atoms with Crippen LogP contribution in [-0.4, -0.2) is 38.5 Å². The first kappa shape index (κ1) is 17.7. The van der Waals surface area contributed by atoms with E-state index in [9.17, 15) is 5.11 Å². The van der Waals surface area contributed by atoms with Crippen molar-refractivity contribution in [1.82, 2.24) is 15.2 Å².